The Hall–Kier alpha value is -0.700. The highest BCUT2D eigenvalue weighted by atomic mass is 32.2. The summed E-state index contributed by atoms with van der Waals surface area (Å²) in [7, 11) is -4.43. The van der Waals surface area contributed by atoms with Gasteiger partial charge < -0.3 is 9.73 Å². The summed E-state index contributed by atoms with van der Waals surface area (Å²) in [4.78, 5) is 0. The van der Waals surface area contributed by atoms with E-state index in [1.54, 1.807) is 6.07 Å². The predicted molar refractivity (Wildman–Crippen MR) is 81.9 cm³/mol. The third-order valence-electron chi connectivity index (χ3n) is 3.34. The molecule has 6 nitrogen and oxygen atoms in total. The average molecular weight is 334 g/mol. The number of sulfonamides is 1. The lowest BCUT2D eigenvalue weighted by molar-refractivity contribution is 0.396. The van der Waals surface area contributed by atoms with Gasteiger partial charge in [0, 0.05) is 28.3 Å². The van der Waals surface area contributed by atoms with Gasteiger partial charge in [-0.3, -0.25) is 4.21 Å². The van der Waals surface area contributed by atoms with Crippen molar-refractivity contribution < 1.29 is 17.0 Å². The van der Waals surface area contributed by atoms with Gasteiger partial charge in [-0.1, -0.05) is 6.92 Å². The minimum atomic E-state index is -3.63. The summed E-state index contributed by atoms with van der Waals surface area (Å²) in [5.41, 5.74) is 0. The molecular weight excluding hydrogens is 312 g/mol. The Morgan fingerprint density at radius 3 is 2.71 bits per heavy atom. The maximum Gasteiger partial charge on any atom is 0.274 e. The second kappa shape index (κ2) is 7.53. The first-order valence-electron chi connectivity index (χ1n) is 7.18. The van der Waals surface area contributed by atoms with Crippen molar-refractivity contribution in [1.29, 1.82) is 0 Å². The van der Waals surface area contributed by atoms with Crippen LogP contribution < -0.4 is 10.0 Å². The fourth-order valence-corrected chi connectivity index (χ4v) is 4.73. The van der Waals surface area contributed by atoms with E-state index >= 15 is 0 Å². The van der Waals surface area contributed by atoms with Crippen LogP contribution in [0.3, 0.4) is 0 Å². The summed E-state index contributed by atoms with van der Waals surface area (Å²) in [5.74, 6) is 1.71. The molecule has 0 aliphatic carbocycles. The van der Waals surface area contributed by atoms with Gasteiger partial charge in [0.1, 0.15) is 5.76 Å². The molecule has 2 heterocycles. The summed E-state index contributed by atoms with van der Waals surface area (Å²) in [6, 6.07) is 3.00. The molecule has 1 aromatic rings. The SMILES string of the molecule is CCCNCc1ccc(S(=O)(=O)NC2CCS(=O)CC2)o1. The van der Waals surface area contributed by atoms with Gasteiger partial charge in [-0.05, 0) is 37.9 Å². The second-order valence-electron chi connectivity index (χ2n) is 5.14. The number of furan rings is 1. The van der Waals surface area contributed by atoms with Crippen LogP contribution in [0.4, 0.5) is 0 Å². The molecule has 1 saturated heterocycles. The molecule has 2 N–H and O–H groups in total. The van der Waals surface area contributed by atoms with Crippen LogP contribution >= 0.6 is 0 Å². The maximum atomic E-state index is 12.2. The van der Waals surface area contributed by atoms with Crippen LogP contribution in [0.15, 0.2) is 21.6 Å². The van der Waals surface area contributed by atoms with Gasteiger partial charge in [0.15, 0.2) is 0 Å². The number of hydrogen-bond donors (Lipinski definition) is 2. The summed E-state index contributed by atoms with van der Waals surface area (Å²) >= 11 is 0. The monoisotopic (exact) mass is 334 g/mol. The summed E-state index contributed by atoms with van der Waals surface area (Å²) in [5, 5.41) is 3.11. The normalized spacial score (nSPS) is 23.3. The molecule has 0 saturated carbocycles. The quantitative estimate of drug-likeness (QED) is 0.725. The zero-order valence-electron chi connectivity index (χ0n) is 12.1. The highest BCUT2D eigenvalue weighted by Gasteiger charge is 2.26. The summed E-state index contributed by atoms with van der Waals surface area (Å²) in [6.45, 7) is 3.44. The lowest BCUT2D eigenvalue weighted by Crippen LogP contribution is -2.39. The van der Waals surface area contributed by atoms with E-state index in [1.165, 1.54) is 6.07 Å². The van der Waals surface area contributed by atoms with E-state index in [9.17, 15) is 12.6 Å². The molecule has 2 rings (SSSR count). The van der Waals surface area contributed by atoms with Crippen molar-refractivity contribution in [3.8, 4) is 0 Å². The standard InChI is InChI=1S/C13H22N2O4S2/c1-2-7-14-10-12-3-4-13(19-12)21(17,18)15-11-5-8-20(16)9-6-11/h3-4,11,14-15H,2,5-10H2,1H3. The van der Waals surface area contributed by atoms with E-state index in [0.29, 0.717) is 36.7 Å². The third kappa shape index (κ3) is 4.91. The van der Waals surface area contributed by atoms with E-state index in [1.807, 2.05) is 0 Å². The smallest absolute Gasteiger partial charge is 0.274 e. The first-order chi connectivity index (χ1) is 10.0. The first kappa shape index (κ1) is 16.7. The Balaban J connectivity index is 1.94. The maximum absolute atomic E-state index is 12.2. The molecule has 0 amide bonds. The Labute approximate surface area is 128 Å². The van der Waals surface area contributed by atoms with Crippen LogP contribution in [-0.4, -0.2) is 36.7 Å². The molecule has 0 bridgehead atoms. The number of rotatable bonds is 7. The van der Waals surface area contributed by atoms with Gasteiger partial charge in [-0.25, -0.2) is 13.1 Å². The molecule has 0 unspecified atom stereocenters. The predicted octanol–water partition coefficient (Wildman–Crippen LogP) is 0.969. The van der Waals surface area contributed by atoms with E-state index in [2.05, 4.69) is 17.0 Å². The molecule has 1 aliphatic rings. The highest BCUT2D eigenvalue weighted by Crippen LogP contribution is 2.17. The van der Waals surface area contributed by atoms with Crippen LogP contribution in [0.25, 0.3) is 0 Å². The third-order valence-corrected chi connectivity index (χ3v) is 6.11. The van der Waals surface area contributed by atoms with Crippen molar-refractivity contribution in [2.45, 2.75) is 43.9 Å². The first-order valence-corrected chi connectivity index (χ1v) is 10.1. The van der Waals surface area contributed by atoms with Crippen molar-refractivity contribution >= 4 is 20.8 Å². The summed E-state index contributed by atoms with van der Waals surface area (Å²) in [6.07, 6.45) is 2.23. The average Bonchev–Trinajstić information content (AvgIpc) is 2.91. The fraction of sp³-hybridized carbons (Fsp3) is 0.692. The van der Waals surface area contributed by atoms with Crippen molar-refractivity contribution in [3.63, 3.8) is 0 Å². The van der Waals surface area contributed by atoms with Crippen LogP contribution in [0, 0.1) is 0 Å². The largest absolute Gasteiger partial charge is 0.447 e. The van der Waals surface area contributed by atoms with E-state index in [4.69, 9.17) is 4.42 Å². The molecule has 1 aliphatic heterocycles. The van der Waals surface area contributed by atoms with Crippen LogP contribution in [0.2, 0.25) is 0 Å². The number of hydrogen-bond acceptors (Lipinski definition) is 5. The molecule has 1 fully saturated rings. The topological polar surface area (TPSA) is 88.4 Å². The van der Waals surface area contributed by atoms with Crippen LogP contribution in [0.1, 0.15) is 31.9 Å². The Morgan fingerprint density at radius 2 is 2.05 bits per heavy atom. The Bertz CT molecular complexity index is 573. The molecule has 0 spiro atoms. The highest BCUT2D eigenvalue weighted by molar-refractivity contribution is 7.89. The van der Waals surface area contributed by atoms with E-state index in [-0.39, 0.29) is 11.1 Å². The molecular formula is C13H22N2O4S2. The van der Waals surface area contributed by atoms with Crippen molar-refractivity contribution in [2.75, 3.05) is 18.1 Å². The molecule has 8 heteroatoms. The van der Waals surface area contributed by atoms with E-state index < -0.39 is 20.8 Å². The second-order valence-corrected chi connectivity index (χ2v) is 8.48. The minimum absolute atomic E-state index is 0.0532. The fourth-order valence-electron chi connectivity index (χ4n) is 2.18. The zero-order chi connectivity index (χ0) is 15.3. The molecule has 0 radical (unpaired) electrons. The molecule has 0 atom stereocenters. The zero-order valence-corrected chi connectivity index (χ0v) is 13.8. The summed E-state index contributed by atoms with van der Waals surface area (Å²) < 4.78 is 43.8. The molecule has 21 heavy (non-hydrogen) atoms. The van der Waals surface area contributed by atoms with Crippen LogP contribution in [-0.2, 0) is 27.4 Å². The number of nitrogens with one attached hydrogen (secondary N) is 2. The molecule has 1 aromatic heterocycles. The van der Waals surface area contributed by atoms with Gasteiger partial charge in [0.05, 0.1) is 6.54 Å². The Morgan fingerprint density at radius 1 is 1.33 bits per heavy atom. The van der Waals surface area contributed by atoms with Gasteiger partial charge in [-0.15, -0.1) is 0 Å². The lowest BCUT2D eigenvalue weighted by atomic mass is 10.2. The van der Waals surface area contributed by atoms with Gasteiger partial charge in [0.2, 0.25) is 5.09 Å². The molecule has 120 valence electrons. The van der Waals surface area contributed by atoms with Gasteiger partial charge >= 0.3 is 0 Å². The van der Waals surface area contributed by atoms with Gasteiger partial charge in [0.25, 0.3) is 10.0 Å². The van der Waals surface area contributed by atoms with Gasteiger partial charge in [-0.2, -0.15) is 0 Å². The van der Waals surface area contributed by atoms with Crippen LogP contribution in [0.5, 0.6) is 0 Å². The van der Waals surface area contributed by atoms with Crippen molar-refractivity contribution in [2.24, 2.45) is 0 Å². The van der Waals surface area contributed by atoms with E-state index in [0.717, 1.165) is 13.0 Å². The Kier molecular flexibility index (Phi) is 5.98. The minimum Gasteiger partial charge on any atom is -0.447 e. The molecule has 0 aromatic carbocycles. The van der Waals surface area contributed by atoms with Crippen molar-refractivity contribution in [1.82, 2.24) is 10.0 Å². The lowest BCUT2D eigenvalue weighted by Gasteiger charge is -2.21. The van der Waals surface area contributed by atoms with Crippen molar-refractivity contribution in [3.05, 3.63) is 17.9 Å².